The van der Waals surface area contributed by atoms with Crippen LogP contribution in [0.5, 0.6) is 0 Å². The lowest BCUT2D eigenvalue weighted by Gasteiger charge is -2.33. The Hall–Kier alpha value is -1.19. The standard InChI is InChI=1S/C11H20N2O6S/c1-3-12(4-2)20(17,18)8-10(14)13-5-6-19-7-9(13)11(15)16/h9H,3-8H2,1-2H3,(H,15,16). The smallest absolute Gasteiger partial charge is 0.328 e. The van der Waals surface area contributed by atoms with Gasteiger partial charge in [-0.2, -0.15) is 0 Å². The highest BCUT2D eigenvalue weighted by Crippen LogP contribution is 2.10. The van der Waals surface area contributed by atoms with Crippen molar-refractivity contribution in [1.29, 1.82) is 0 Å². The van der Waals surface area contributed by atoms with Gasteiger partial charge in [-0.1, -0.05) is 13.8 Å². The molecule has 9 heteroatoms. The monoisotopic (exact) mass is 308 g/mol. The van der Waals surface area contributed by atoms with Crippen molar-refractivity contribution in [2.75, 3.05) is 38.6 Å². The molecule has 0 aromatic carbocycles. The average molecular weight is 308 g/mol. The van der Waals surface area contributed by atoms with Crippen LogP contribution in [-0.4, -0.2) is 79.2 Å². The summed E-state index contributed by atoms with van der Waals surface area (Å²) < 4.78 is 30.2. The Kier molecular flexibility index (Phi) is 5.90. The lowest BCUT2D eigenvalue weighted by Crippen LogP contribution is -2.54. The number of nitrogens with zero attached hydrogens (tertiary/aromatic N) is 2. The van der Waals surface area contributed by atoms with Gasteiger partial charge in [0.1, 0.15) is 5.75 Å². The third-order valence-electron chi connectivity index (χ3n) is 3.14. The molecule has 0 spiro atoms. The van der Waals surface area contributed by atoms with Gasteiger partial charge in [0.2, 0.25) is 15.9 Å². The Morgan fingerprint density at radius 3 is 2.45 bits per heavy atom. The normalized spacial score (nSPS) is 20.1. The van der Waals surface area contributed by atoms with E-state index in [4.69, 9.17) is 9.84 Å². The molecule has 0 radical (unpaired) electrons. The Morgan fingerprint density at radius 2 is 1.95 bits per heavy atom. The fourth-order valence-electron chi connectivity index (χ4n) is 2.05. The Balaban J connectivity index is 2.81. The molecule has 1 aliphatic heterocycles. The maximum absolute atomic E-state index is 12.1. The molecule has 1 atom stereocenters. The second-order valence-electron chi connectivity index (χ2n) is 4.36. The summed E-state index contributed by atoms with van der Waals surface area (Å²) in [5, 5.41) is 9.02. The van der Waals surface area contributed by atoms with E-state index < -0.39 is 33.7 Å². The van der Waals surface area contributed by atoms with Crippen molar-refractivity contribution in [1.82, 2.24) is 9.21 Å². The zero-order valence-electron chi connectivity index (χ0n) is 11.6. The molecule has 1 unspecified atom stereocenters. The van der Waals surface area contributed by atoms with E-state index in [1.165, 1.54) is 4.31 Å². The van der Waals surface area contributed by atoms with Gasteiger partial charge in [0.15, 0.2) is 6.04 Å². The van der Waals surface area contributed by atoms with E-state index in [-0.39, 0.29) is 32.8 Å². The number of hydrogen-bond acceptors (Lipinski definition) is 5. The van der Waals surface area contributed by atoms with Gasteiger partial charge in [-0.25, -0.2) is 17.5 Å². The first-order chi connectivity index (χ1) is 9.33. The van der Waals surface area contributed by atoms with E-state index >= 15 is 0 Å². The first kappa shape index (κ1) is 16.9. The number of sulfonamides is 1. The molecular formula is C11H20N2O6S. The van der Waals surface area contributed by atoms with Crippen LogP contribution >= 0.6 is 0 Å². The van der Waals surface area contributed by atoms with Crippen LogP contribution in [0.2, 0.25) is 0 Å². The number of rotatable bonds is 6. The van der Waals surface area contributed by atoms with Crippen molar-refractivity contribution in [3.05, 3.63) is 0 Å². The van der Waals surface area contributed by atoms with E-state index in [0.717, 1.165) is 4.90 Å². The summed E-state index contributed by atoms with van der Waals surface area (Å²) in [5.74, 6) is -2.61. The van der Waals surface area contributed by atoms with E-state index in [0.29, 0.717) is 0 Å². The van der Waals surface area contributed by atoms with Gasteiger partial charge >= 0.3 is 5.97 Å². The summed E-state index contributed by atoms with van der Waals surface area (Å²) in [6.45, 7) is 4.09. The third-order valence-corrected chi connectivity index (χ3v) is 5.05. The number of amides is 1. The number of carboxylic acid groups (broad SMARTS) is 1. The summed E-state index contributed by atoms with van der Waals surface area (Å²) in [5.41, 5.74) is 0. The largest absolute Gasteiger partial charge is 0.480 e. The number of ether oxygens (including phenoxy) is 1. The lowest BCUT2D eigenvalue weighted by atomic mass is 10.2. The fourth-order valence-corrected chi connectivity index (χ4v) is 3.50. The minimum Gasteiger partial charge on any atom is -0.480 e. The minimum atomic E-state index is -3.71. The first-order valence-corrected chi connectivity index (χ1v) is 8.02. The number of carboxylic acids is 1. The quantitative estimate of drug-likeness (QED) is 0.673. The highest BCUT2D eigenvalue weighted by molar-refractivity contribution is 7.89. The first-order valence-electron chi connectivity index (χ1n) is 6.41. The highest BCUT2D eigenvalue weighted by Gasteiger charge is 2.35. The molecule has 1 aliphatic rings. The summed E-state index contributed by atoms with van der Waals surface area (Å²) in [6.07, 6.45) is 0. The van der Waals surface area contributed by atoms with Crippen molar-refractivity contribution in [3.63, 3.8) is 0 Å². The van der Waals surface area contributed by atoms with Crippen molar-refractivity contribution in [2.45, 2.75) is 19.9 Å². The molecule has 1 N–H and O–H groups in total. The van der Waals surface area contributed by atoms with Crippen LogP contribution in [0.15, 0.2) is 0 Å². The van der Waals surface area contributed by atoms with Gasteiger partial charge in [0.05, 0.1) is 13.2 Å². The number of aliphatic carboxylic acids is 1. The van der Waals surface area contributed by atoms with E-state index in [2.05, 4.69) is 0 Å². The zero-order chi connectivity index (χ0) is 15.3. The third kappa shape index (κ3) is 3.90. The second-order valence-corrected chi connectivity index (χ2v) is 6.33. The van der Waals surface area contributed by atoms with Crippen LogP contribution in [0.3, 0.4) is 0 Å². The van der Waals surface area contributed by atoms with Gasteiger partial charge in [0, 0.05) is 19.6 Å². The zero-order valence-corrected chi connectivity index (χ0v) is 12.4. The second kappa shape index (κ2) is 7.00. The van der Waals surface area contributed by atoms with Crippen LogP contribution in [0.25, 0.3) is 0 Å². The van der Waals surface area contributed by atoms with Crippen molar-refractivity contribution >= 4 is 21.9 Å². The highest BCUT2D eigenvalue weighted by atomic mass is 32.2. The molecule has 8 nitrogen and oxygen atoms in total. The number of carbonyl (C=O) groups excluding carboxylic acids is 1. The molecule has 1 fully saturated rings. The van der Waals surface area contributed by atoms with Gasteiger partial charge in [-0.15, -0.1) is 0 Å². The maximum Gasteiger partial charge on any atom is 0.328 e. The van der Waals surface area contributed by atoms with Gasteiger partial charge in [-0.05, 0) is 0 Å². The lowest BCUT2D eigenvalue weighted by molar-refractivity contribution is -0.157. The Labute approximate surface area is 118 Å². The van der Waals surface area contributed by atoms with Crippen LogP contribution in [0.1, 0.15) is 13.8 Å². The molecule has 1 heterocycles. The van der Waals surface area contributed by atoms with Crippen molar-refractivity contribution in [2.24, 2.45) is 0 Å². The maximum atomic E-state index is 12.1. The molecule has 20 heavy (non-hydrogen) atoms. The van der Waals surface area contributed by atoms with Crippen LogP contribution in [0.4, 0.5) is 0 Å². The number of morpholine rings is 1. The number of hydrogen-bond donors (Lipinski definition) is 1. The van der Waals surface area contributed by atoms with Gasteiger partial charge < -0.3 is 14.7 Å². The molecular weight excluding hydrogens is 288 g/mol. The van der Waals surface area contributed by atoms with E-state index in [9.17, 15) is 18.0 Å². The molecule has 0 aromatic heterocycles. The predicted molar refractivity (Wildman–Crippen MR) is 70.7 cm³/mol. The predicted octanol–water partition coefficient (Wildman–Crippen LogP) is -1.03. The van der Waals surface area contributed by atoms with E-state index in [1.54, 1.807) is 13.8 Å². The van der Waals surface area contributed by atoms with Crippen LogP contribution in [0, 0.1) is 0 Å². The van der Waals surface area contributed by atoms with Crippen LogP contribution in [-0.2, 0) is 24.3 Å². The summed E-state index contributed by atoms with van der Waals surface area (Å²) >= 11 is 0. The van der Waals surface area contributed by atoms with Crippen LogP contribution < -0.4 is 0 Å². The van der Waals surface area contributed by atoms with E-state index in [1.807, 2.05) is 0 Å². The summed E-state index contributed by atoms with van der Waals surface area (Å²) in [7, 11) is -3.71. The molecule has 0 aromatic rings. The molecule has 1 saturated heterocycles. The van der Waals surface area contributed by atoms with Crippen molar-refractivity contribution < 1.29 is 27.9 Å². The van der Waals surface area contributed by atoms with Crippen molar-refractivity contribution in [3.8, 4) is 0 Å². The topological polar surface area (TPSA) is 104 Å². The summed E-state index contributed by atoms with van der Waals surface area (Å²) in [6, 6.07) is -1.12. The molecule has 116 valence electrons. The van der Waals surface area contributed by atoms with Gasteiger partial charge in [0.25, 0.3) is 0 Å². The fraction of sp³-hybridized carbons (Fsp3) is 0.818. The molecule has 0 saturated carbocycles. The SMILES string of the molecule is CCN(CC)S(=O)(=O)CC(=O)N1CCOCC1C(=O)O. The minimum absolute atomic E-state index is 0.0869. The molecule has 1 rings (SSSR count). The Bertz CT molecular complexity index is 460. The molecule has 0 aliphatic carbocycles. The summed E-state index contributed by atoms with van der Waals surface area (Å²) in [4.78, 5) is 24.2. The Morgan fingerprint density at radius 1 is 1.35 bits per heavy atom. The average Bonchev–Trinajstić information content (AvgIpc) is 2.39. The van der Waals surface area contributed by atoms with Gasteiger partial charge in [-0.3, -0.25) is 4.79 Å². The molecule has 1 amide bonds. The molecule has 0 bridgehead atoms. The number of carbonyl (C=O) groups is 2.